The first-order chi connectivity index (χ1) is 17.8. The minimum atomic E-state index is -4.76. The summed E-state index contributed by atoms with van der Waals surface area (Å²) >= 11 is 0. The predicted molar refractivity (Wildman–Crippen MR) is 131 cm³/mol. The Hall–Kier alpha value is -2.87. The number of sulfonamides is 1. The molecule has 0 aliphatic heterocycles. The number of aryl methyl sites for hydroxylation is 1. The van der Waals surface area contributed by atoms with Gasteiger partial charge in [-0.05, 0) is 61.4 Å². The van der Waals surface area contributed by atoms with Crippen molar-refractivity contribution in [3.05, 3.63) is 64.0 Å². The number of aromatic nitrogens is 2. The van der Waals surface area contributed by atoms with Crippen LogP contribution in [0.2, 0.25) is 0 Å². The van der Waals surface area contributed by atoms with E-state index in [9.17, 15) is 31.2 Å². The first-order valence-electron chi connectivity index (χ1n) is 11.4. The second kappa shape index (κ2) is 13.0. The number of benzene rings is 2. The first kappa shape index (κ1) is 32.3. The largest absolute Gasteiger partial charge is 1.00 e. The summed E-state index contributed by atoms with van der Waals surface area (Å²) in [6.07, 6.45) is -4.91. The van der Waals surface area contributed by atoms with Crippen LogP contribution in [0, 0.1) is 6.92 Å². The fourth-order valence-electron chi connectivity index (χ4n) is 3.53. The zero-order valence-corrected chi connectivity index (χ0v) is 24.8. The van der Waals surface area contributed by atoms with Gasteiger partial charge >= 0.3 is 41.7 Å². The van der Waals surface area contributed by atoms with Crippen LogP contribution in [0.5, 0.6) is 5.75 Å². The molecule has 39 heavy (non-hydrogen) atoms. The molecule has 0 spiro atoms. The monoisotopic (exact) mass is 575 g/mol. The summed E-state index contributed by atoms with van der Waals surface area (Å²) in [5.74, 6) is -0.978. The third-order valence-corrected chi connectivity index (χ3v) is 6.86. The molecule has 1 heterocycles. The van der Waals surface area contributed by atoms with Gasteiger partial charge in [-0.25, -0.2) is 13.1 Å². The van der Waals surface area contributed by atoms with Gasteiger partial charge in [0.15, 0.2) is 5.69 Å². The van der Waals surface area contributed by atoms with Crippen molar-refractivity contribution in [1.29, 1.82) is 0 Å². The van der Waals surface area contributed by atoms with Gasteiger partial charge < -0.3 is 19.0 Å². The van der Waals surface area contributed by atoms with Gasteiger partial charge in [0.05, 0.1) is 29.3 Å². The van der Waals surface area contributed by atoms with Crippen molar-refractivity contribution in [2.24, 2.45) is 0 Å². The van der Waals surface area contributed by atoms with E-state index in [-0.39, 0.29) is 59.3 Å². The minimum absolute atomic E-state index is 0. The Kier molecular flexibility index (Phi) is 10.8. The molecular formula is C25H25F3N3NaO6S. The molecule has 2 aromatic carbocycles. The smallest absolute Gasteiger partial charge is 0.542 e. The maximum absolute atomic E-state index is 13.6. The zero-order chi connectivity index (χ0) is 28.3. The molecule has 14 heteroatoms. The summed E-state index contributed by atoms with van der Waals surface area (Å²) in [7, 11) is -3.02. The Bertz CT molecular complexity index is 1470. The van der Waals surface area contributed by atoms with Crippen LogP contribution in [0.25, 0.3) is 21.7 Å². The summed E-state index contributed by atoms with van der Waals surface area (Å²) in [6, 6.07) is 9.22. The molecule has 0 fully saturated rings. The number of hydrogen-bond donors (Lipinski definition) is 0. The molecular weight excluding hydrogens is 550 g/mol. The molecule has 0 saturated heterocycles. The molecule has 1 aromatic heterocycles. The second-order valence-corrected chi connectivity index (χ2v) is 9.70. The third kappa shape index (κ3) is 7.62. The van der Waals surface area contributed by atoms with Gasteiger partial charge in [0.2, 0.25) is 0 Å². The Morgan fingerprint density at radius 1 is 1.05 bits per heavy atom. The van der Waals surface area contributed by atoms with E-state index in [4.69, 9.17) is 9.47 Å². The molecule has 3 aromatic rings. The van der Waals surface area contributed by atoms with Crippen molar-refractivity contribution in [2.75, 3.05) is 7.11 Å². The van der Waals surface area contributed by atoms with Crippen LogP contribution >= 0.6 is 0 Å². The van der Waals surface area contributed by atoms with Crippen LogP contribution in [-0.4, -0.2) is 37.2 Å². The first-order valence-corrected chi connectivity index (χ1v) is 12.9. The molecule has 0 N–H and O–H groups in total. The summed E-state index contributed by atoms with van der Waals surface area (Å²) < 4.78 is 81.1. The molecule has 0 aliphatic rings. The molecule has 0 aliphatic carbocycles. The topological polar surface area (TPSA) is 119 Å². The predicted octanol–water partition coefficient (Wildman–Crippen LogP) is 2.33. The van der Waals surface area contributed by atoms with Crippen molar-refractivity contribution in [2.45, 2.75) is 51.3 Å². The Morgan fingerprint density at radius 2 is 1.74 bits per heavy atom. The molecule has 0 bridgehead atoms. The number of ether oxygens (including phenoxy) is 2. The van der Waals surface area contributed by atoms with Gasteiger partial charge in [-0.1, -0.05) is 13.8 Å². The van der Waals surface area contributed by atoms with E-state index in [0.29, 0.717) is 16.9 Å². The van der Waals surface area contributed by atoms with Gasteiger partial charge in [0.25, 0.3) is 0 Å². The Morgan fingerprint density at radius 3 is 2.31 bits per heavy atom. The number of halogens is 3. The molecule has 0 radical (unpaired) electrons. The maximum atomic E-state index is 13.6. The minimum Gasteiger partial charge on any atom is -0.542 e. The maximum Gasteiger partial charge on any atom is 1.00 e. The number of alkyl halides is 3. The van der Waals surface area contributed by atoms with Crippen LogP contribution in [0.4, 0.5) is 13.2 Å². The average Bonchev–Trinajstić information content (AvgIpc) is 3.33. The molecule has 0 saturated carbocycles. The second-order valence-electron chi connectivity index (χ2n) is 8.13. The number of rotatable bonds is 9. The van der Waals surface area contributed by atoms with E-state index in [1.54, 1.807) is 25.1 Å². The number of amides is 1. The SMILES string of the molecule is CCC(=O)[N-]S(=O)(=O)c1ccc(-n2nc(C(F)(F)F)cc2-c2ccc(OC)c(C)c2)cc1COC(=O)CC.[Na+]. The van der Waals surface area contributed by atoms with Gasteiger partial charge in [-0.15, -0.1) is 0 Å². The third-order valence-electron chi connectivity index (χ3n) is 5.46. The summed E-state index contributed by atoms with van der Waals surface area (Å²) in [4.78, 5) is 23.1. The fraction of sp³-hybridized carbons (Fsp3) is 0.320. The van der Waals surface area contributed by atoms with E-state index in [1.807, 2.05) is 0 Å². The average molecular weight is 576 g/mol. The van der Waals surface area contributed by atoms with E-state index in [1.165, 1.54) is 33.1 Å². The quantitative estimate of drug-likeness (QED) is 0.284. The summed E-state index contributed by atoms with van der Waals surface area (Å²) in [5.41, 5.74) is -0.0565. The summed E-state index contributed by atoms with van der Waals surface area (Å²) in [5, 5.41) is 3.73. The van der Waals surface area contributed by atoms with Crippen molar-refractivity contribution >= 4 is 21.9 Å². The summed E-state index contributed by atoms with van der Waals surface area (Å²) in [6.45, 7) is 4.19. The van der Waals surface area contributed by atoms with Gasteiger partial charge in [0, 0.05) is 17.5 Å². The van der Waals surface area contributed by atoms with E-state index in [2.05, 4.69) is 9.82 Å². The standard InChI is InChI=1S/C25H26F3N3O6S.Na/c1-5-23(32)30-38(34,35)21-10-8-18(12-17(21)14-37-24(33)6-2)31-19(13-22(29-31)25(26,27)28)16-7-9-20(36-4)15(3)11-16;/h7-13H,5-6,14H2,1-4H3,(H,30,32);/q;+1/p-1. The van der Waals surface area contributed by atoms with Crippen LogP contribution in [-0.2, 0) is 37.1 Å². The molecule has 204 valence electrons. The van der Waals surface area contributed by atoms with Crippen LogP contribution in [0.3, 0.4) is 0 Å². The fourth-order valence-corrected chi connectivity index (χ4v) is 4.71. The molecule has 3 rings (SSSR count). The molecule has 1 amide bonds. The number of esters is 1. The number of carbonyl (C=O) groups excluding carboxylic acids is 2. The van der Waals surface area contributed by atoms with Crippen molar-refractivity contribution in [3.8, 4) is 22.7 Å². The molecule has 0 atom stereocenters. The van der Waals surface area contributed by atoms with Gasteiger partial charge in [-0.3, -0.25) is 4.79 Å². The van der Waals surface area contributed by atoms with Crippen molar-refractivity contribution in [1.82, 2.24) is 9.78 Å². The zero-order valence-electron chi connectivity index (χ0n) is 22.0. The van der Waals surface area contributed by atoms with E-state index >= 15 is 0 Å². The molecule has 0 unspecified atom stereocenters. The van der Waals surface area contributed by atoms with Crippen molar-refractivity contribution in [3.63, 3.8) is 0 Å². The van der Waals surface area contributed by atoms with E-state index < -0.39 is 45.3 Å². The number of carbonyl (C=O) groups is 2. The number of hydrogen-bond acceptors (Lipinski definition) is 7. The van der Waals surface area contributed by atoms with Crippen molar-refractivity contribution < 1.29 is 70.2 Å². The number of methoxy groups -OCH3 is 1. The Balaban J connectivity index is 0.00000533. The van der Waals surface area contributed by atoms with Gasteiger partial charge in [-0.2, -0.15) is 18.3 Å². The van der Waals surface area contributed by atoms with Crippen LogP contribution in [0.15, 0.2) is 47.4 Å². The van der Waals surface area contributed by atoms with E-state index in [0.717, 1.165) is 16.8 Å². The molecule has 9 nitrogen and oxygen atoms in total. The van der Waals surface area contributed by atoms with Crippen LogP contribution in [0.1, 0.15) is 43.5 Å². The van der Waals surface area contributed by atoms with Gasteiger partial charge in [0.1, 0.15) is 22.4 Å². The normalized spacial score (nSPS) is 11.5. The Labute approximate surface area is 246 Å². The number of nitrogens with zero attached hydrogens (tertiary/aromatic N) is 3. The van der Waals surface area contributed by atoms with Crippen LogP contribution < -0.4 is 34.3 Å².